The smallest absolute Gasteiger partial charge is 0.243 e. The van der Waals surface area contributed by atoms with Crippen molar-refractivity contribution in [2.75, 3.05) is 0 Å². The number of halogens is 2. The molecule has 0 aliphatic heterocycles. The largest absolute Gasteiger partial charge is 0.350 e. The number of benzene rings is 2. The highest BCUT2D eigenvalue weighted by Gasteiger charge is 2.31. The van der Waals surface area contributed by atoms with E-state index < -0.39 is 11.6 Å². The zero-order valence-electron chi connectivity index (χ0n) is 18.3. The monoisotopic (exact) mass is 448 g/mol. The van der Waals surface area contributed by atoms with Gasteiger partial charge in [-0.15, -0.1) is 0 Å². The summed E-state index contributed by atoms with van der Waals surface area (Å²) in [6.45, 7) is 9.91. The first kappa shape index (κ1) is 24.2. The predicted octanol–water partition coefficient (Wildman–Crippen LogP) is 5.57. The number of hydrogen-bond donors (Lipinski definition) is 1. The molecule has 6 heteroatoms. The number of rotatable bonds is 7. The highest BCUT2D eigenvalue weighted by molar-refractivity contribution is 6.35. The van der Waals surface area contributed by atoms with Gasteiger partial charge in [0.2, 0.25) is 11.8 Å². The highest BCUT2D eigenvalue weighted by Crippen LogP contribution is 2.24. The second kappa shape index (κ2) is 10.3. The van der Waals surface area contributed by atoms with E-state index in [0.717, 1.165) is 16.7 Å². The Kier molecular flexibility index (Phi) is 8.34. The normalized spacial score (nSPS) is 12.4. The topological polar surface area (TPSA) is 49.4 Å². The van der Waals surface area contributed by atoms with Crippen LogP contribution in [0, 0.1) is 6.92 Å². The summed E-state index contributed by atoms with van der Waals surface area (Å²) < 4.78 is 0. The molecule has 0 bridgehead atoms. The van der Waals surface area contributed by atoms with E-state index in [1.165, 1.54) is 0 Å². The lowest BCUT2D eigenvalue weighted by Gasteiger charge is -2.33. The Hall–Kier alpha value is -2.04. The average molecular weight is 449 g/mol. The van der Waals surface area contributed by atoms with Crippen LogP contribution in [0.3, 0.4) is 0 Å². The molecule has 0 aromatic heterocycles. The van der Waals surface area contributed by atoms with Crippen molar-refractivity contribution in [1.82, 2.24) is 10.2 Å². The lowest BCUT2D eigenvalue weighted by atomic mass is 10.0. The molecule has 30 heavy (non-hydrogen) atoms. The van der Waals surface area contributed by atoms with Gasteiger partial charge in [-0.05, 0) is 57.4 Å². The van der Waals surface area contributed by atoms with Crippen LogP contribution in [0.4, 0.5) is 0 Å². The van der Waals surface area contributed by atoms with Gasteiger partial charge < -0.3 is 10.2 Å². The lowest BCUT2D eigenvalue weighted by molar-refractivity contribution is -0.141. The summed E-state index contributed by atoms with van der Waals surface area (Å²) in [5, 5.41) is 4.00. The summed E-state index contributed by atoms with van der Waals surface area (Å²) in [7, 11) is 0. The van der Waals surface area contributed by atoms with E-state index in [1.807, 2.05) is 58.9 Å². The average Bonchev–Trinajstić information content (AvgIpc) is 2.63. The molecule has 0 radical (unpaired) electrons. The summed E-state index contributed by atoms with van der Waals surface area (Å²) in [4.78, 5) is 28.0. The molecule has 1 atom stereocenters. The molecule has 2 aromatic carbocycles. The Morgan fingerprint density at radius 3 is 2.23 bits per heavy atom. The number of amides is 2. The van der Waals surface area contributed by atoms with Crippen molar-refractivity contribution in [3.8, 4) is 0 Å². The number of nitrogens with zero attached hydrogens (tertiary/aromatic N) is 1. The Labute approximate surface area is 189 Å². The molecule has 0 heterocycles. The maximum atomic E-state index is 13.3. The molecule has 0 saturated carbocycles. The first-order chi connectivity index (χ1) is 14.0. The minimum Gasteiger partial charge on any atom is -0.350 e. The van der Waals surface area contributed by atoms with E-state index in [4.69, 9.17) is 23.2 Å². The SMILES string of the molecule is CCC(C(=O)NC(C)(C)C)N(Cc1ccc(Cl)cc1Cl)C(=O)Cc1ccc(C)cc1. The zero-order valence-corrected chi connectivity index (χ0v) is 19.8. The summed E-state index contributed by atoms with van der Waals surface area (Å²) in [5.41, 5.74) is 2.39. The summed E-state index contributed by atoms with van der Waals surface area (Å²) in [6, 6.07) is 12.4. The van der Waals surface area contributed by atoms with Crippen LogP contribution in [0.25, 0.3) is 0 Å². The molecule has 0 aliphatic rings. The van der Waals surface area contributed by atoms with Crippen LogP contribution in [0.1, 0.15) is 50.8 Å². The van der Waals surface area contributed by atoms with E-state index in [-0.39, 0.29) is 24.8 Å². The van der Waals surface area contributed by atoms with Crippen molar-refractivity contribution < 1.29 is 9.59 Å². The molecule has 162 valence electrons. The van der Waals surface area contributed by atoms with Crippen LogP contribution in [-0.4, -0.2) is 28.3 Å². The maximum Gasteiger partial charge on any atom is 0.243 e. The molecule has 1 N–H and O–H groups in total. The maximum absolute atomic E-state index is 13.3. The van der Waals surface area contributed by atoms with Crippen LogP contribution < -0.4 is 5.32 Å². The van der Waals surface area contributed by atoms with Crippen molar-refractivity contribution in [1.29, 1.82) is 0 Å². The third-order valence-corrected chi connectivity index (χ3v) is 5.30. The number of aryl methyl sites for hydroxylation is 1. The van der Waals surface area contributed by atoms with Crippen LogP contribution in [-0.2, 0) is 22.6 Å². The fraction of sp³-hybridized carbons (Fsp3) is 0.417. The van der Waals surface area contributed by atoms with Crippen molar-refractivity contribution in [3.63, 3.8) is 0 Å². The minimum atomic E-state index is -0.603. The van der Waals surface area contributed by atoms with Gasteiger partial charge in [-0.3, -0.25) is 9.59 Å². The number of carbonyl (C=O) groups excluding carboxylic acids is 2. The van der Waals surface area contributed by atoms with Gasteiger partial charge in [0.1, 0.15) is 6.04 Å². The van der Waals surface area contributed by atoms with Gasteiger partial charge in [0.25, 0.3) is 0 Å². The second-order valence-electron chi connectivity index (χ2n) is 8.58. The first-order valence-corrected chi connectivity index (χ1v) is 10.9. The third-order valence-electron chi connectivity index (χ3n) is 4.72. The number of hydrogen-bond acceptors (Lipinski definition) is 2. The van der Waals surface area contributed by atoms with Crippen LogP contribution in [0.5, 0.6) is 0 Å². The fourth-order valence-electron chi connectivity index (χ4n) is 3.19. The highest BCUT2D eigenvalue weighted by atomic mass is 35.5. The van der Waals surface area contributed by atoms with Gasteiger partial charge in [0.05, 0.1) is 6.42 Å². The van der Waals surface area contributed by atoms with E-state index in [9.17, 15) is 9.59 Å². The first-order valence-electron chi connectivity index (χ1n) is 10.1. The molecule has 0 spiro atoms. The van der Waals surface area contributed by atoms with E-state index >= 15 is 0 Å². The summed E-state index contributed by atoms with van der Waals surface area (Å²) in [5.74, 6) is -0.298. The predicted molar refractivity (Wildman–Crippen MR) is 124 cm³/mol. The molecule has 2 rings (SSSR count). The third kappa shape index (κ3) is 7.03. The molecular formula is C24H30Cl2N2O2. The Bertz CT molecular complexity index is 889. The fourth-order valence-corrected chi connectivity index (χ4v) is 3.66. The van der Waals surface area contributed by atoms with Gasteiger partial charge in [-0.2, -0.15) is 0 Å². The minimum absolute atomic E-state index is 0.124. The summed E-state index contributed by atoms with van der Waals surface area (Å²) >= 11 is 12.4. The van der Waals surface area contributed by atoms with E-state index in [0.29, 0.717) is 16.5 Å². The molecule has 1 unspecified atom stereocenters. The van der Waals surface area contributed by atoms with Crippen molar-refractivity contribution in [3.05, 3.63) is 69.2 Å². The zero-order chi connectivity index (χ0) is 22.5. The van der Waals surface area contributed by atoms with Crippen LogP contribution >= 0.6 is 23.2 Å². The molecule has 2 aromatic rings. The quantitative estimate of drug-likeness (QED) is 0.601. The van der Waals surface area contributed by atoms with Crippen molar-refractivity contribution in [2.45, 2.75) is 65.6 Å². The van der Waals surface area contributed by atoms with Gasteiger partial charge >= 0.3 is 0 Å². The number of nitrogens with one attached hydrogen (secondary N) is 1. The van der Waals surface area contributed by atoms with Gasteiger partial charge in [-0.25, -0.2) is 0 Å². The van der Waals surface area contributed by atoms with Crippen molar-refractivity contribution in [2.24, 2.45) is 0 Å². The van der Waals surface area contributed by atoms with Gasteiger partial charge in [0, 0.05) is 22.1 Å². The second-order valence-corrected chi connectivity index (χ2v) is 9.43. The summed E-state index contributed by atoms with van der Waals surface area (Å²) in [6.07, 6.45) is 0.706. The van der Waals surface area contributed by atoms with Gasteiger partial charge in [-0.1, -0.05) is 66.0 Å². The molecule has 4 nitrogen and oxygen atoms in total. The van der Waals surface area contributed by atoms with Crippen LogP contribution in [0.15, 0.2) is 42.5 Å². The van der Waals surface area contributed by atoms with Crippen molar-refractivity contribution >= 4 is 35.0 Å². The Morgan fingerprint density at radius 2 is 1.70 bits per heavy atom. The Balaban J connectivity index is 2.35. The van der Waals surface area contributed by atoms with Gasteiger partial charge in [0.15, 0.2) is 0 Å². The molecular weight excluding hydrogens is 419 g/mol. The Morgan fingerprint density at radius 1 is 1.07 bits per heavy atom. The van der Waals surface area contributed by atoms with Crippen LogP contribution in [0.2, 0.25) is 10.0 Å². The molecule has 0 saturated heterocycles. The van der Waals surface area contributed by atoms with E-state index in [1.54, 1.807) is 23.1 Å². The molecule has 2 amide bonds. The van der Waals surface area contributed by atoms with E-state index in [2.05, 4.69) is 5.32 Å². The lowest BCUT2D eigenvalue weighted by Crippen LogP contribution is -2.53. The standard InChI is InChI=1S/C24H30Cl2N2O2/c1-6-21(23(30)27-24(3,4)5)28(15-18-11-12-19(25)14-20(18)26)22(29)13-17-9-7-16(2)8-10-17/h7-12,14,21H,6,13,15H2,1-5H3,(H,27,30). The molecule has 0 aliphatic carbocycles. The molecule has 0 fully saturated rings. The number of carbonyl (C=O) groups is 2.